The van der Waals surface area contributed by atoms with Gasteiger partial charge in [0.15, 0.2) is 0 Å². The third kappa shape index (κ3) is 5.49. The van der Waals surface area contributed by atoms with Gasteiger partial charge in [-0.25, -0.2) is 0 Å². The largest absolute Gasteiger partial charge is 0.497 e. The average Bonchev–Trinajstić information content (AvgIpc) is 2.67. The number of hydrogen-bond donors (Lipinski definition) is 0. The monoisotopic (exact) mass is 357 g/mol. The van der Waals surface area contributed by atoms with Crippen LogP contribution in [0.25, 0.3) is 0 Å². The molecule has 3 heteroatoms. The molecule has 1 heterocycles. The van der Waals surface area contributed by atoms with Crippen molar-refractivity contribution in [2.45, 2.75) is 32.1 Å². The Hall–Kier alpha value is -1.51. The van der Waals surface area contributed by atoms with Gasteiger partial charge in [0.1, 0.15) is 5.75 Å². The van der Waals surface area contributed by atoms with Crippen LogP contribution in [0.2, 0.25) is 5.02 Å². The molecule has 0 radical (unpaired) electrons. The Morgan fingerprint density at radius 3 is 2.40 bits per heavy atom. The molecular weight excluding hydrogens is 330 g/mol. The Balaban J connectivity index is 1.37. The van der Waals surface area contributed by atoms with Crippen molar-refractivity contribution < 1.29 is 4.74 Å². The minimum Gasteiger partial charge on any atom is -0.497 e. The lowest BCUT2D eigenvalue weighted by atomic mass is 9.90. The van der Waals surface area contributed by atoms with Crippen LogP contribution in [0.4, 0.5) is 0 Å². The molecule has 0 N–H and O–H groups in total. The van der Waals surface area contributed by atoms with Gasteiger partial charge >= 0.3 is 0 Å². The Bertz CT molecular complexity index is 647. The SMILES string of the molecule is COc1ccc(CCC2CCN(CCc3ccccc3Cl)CC2)cc1. The van der Waals surface area contributed by atoms with Crippen molar-refractivity contribution >= 4 is 11.6 Å². The molecule has 3 rings (SSSR count). The van der Waals surface area contributed by atoms with Crippen molar-refractivity contribution in [2.75, 3.05) is 26.7 Å². The average molecular weight is 358 g/mol. The van der Waals surface area contributed by atoms with E-state index in [4.69, 9.17) is 16.3 Å². The van der Waals surface area contributed by atoms with Gasteiger partial charge in [-0.3, -0.25) is 0 Å². The van der Waals surface area contributed by atoms with Crippen LogP contribution in [0.1, 0.15) is 30.4 Å². The summed E-state index contributed by atoms with van der Waals surface area (Å²) < 4.78 is 5.22. The van der Waals surface area contributed by atoms with Gasteiger partial charge in [-0.15, -0.1) is 0 Å². The molecule has 25 heavy (non-hydrogen) atoms. The molecule has 0 saturated carbocycles. The zero-order valence-corrected chi connectivity index (χ0v) is 15.8. The molecule has 0 unspecified atom stereocenters. The van der Waals surface area contributed by atoms with Gasteiger partial charge in [-0.1, -0.05) is 41.9 Å². The fourth-order valence-electron chi connectivity index (χ4n) is 3.64. The van der Waals surface area contributed by atoms with E-state index >= 15 is 0 Å². The summed E-state index contributed by atoms with van der Waals surface area (Å²) in [5.41, 5.74) is 2.69. The van der Waals surface area contributed by atoms with E-state index < -0.39 is 0 Å². The highest BCUT2D eigenvalue weighted by molar-refractivity contribution is 6.31. The predicted octanol–water partition coefficient (Wildman–Crippen LogP) is 5.24. The highest BCUT2D eigenvalue weighted by Crippen LogP contribution is 2.24. The van der Waals surface area contributed by atoms with E-state index in [1.807, 2.05) is 12.1 Å². The minimum absolute atomic E-state index is 0.860. The van der Waals surface area contributed by atoms with E-state index in [-0.39, 0.29) is 0 Å². The molecule has 134 valence electrons. The first-order chi connectivity index (χ1) is 12.2. The summed E-state index contributed by atoms with van der Waals surface area (Å²) in [5.74, 6) is 1.80. The Morgan fingerprint density at radius 1 is 1.00 bits per heavy atom. The number of benzene rings is 2. The molecule has 0 aromatic heterocycles. The summed E-state index contributed by atoms with van der Waals surface area (Å²) in [6.07, 6.45) is 6.16. The van der Waals surface area contributed by atoms with Crippen molar-refractivity contribution in [1.29, 1.82) is 0 Å². The second-order valence-electron chi connectivity index (χ2n) is 7.01. The minimum atomic E-state index is 0.860. The van der Waals surface area contributed by atoms with E-state index in [0.29, 0.717) is 0 Å². The lowest BCUT2D eigenvalue weighted by Crippen LogP contribution is -2.35. The van der Waals surface area contributed by atoms with Crippen LogP contribution in [-0.4, -0.2) is 31.6 Å². The highest BCUT2D eigenvalue weighted by Gasteiger charge is 2.19. The second-order valence-corrected chi connectivity index (χ2v) is 7.42. The topological polar surface area (TPSA) is 12.5 Å². The first kappa shape index (κ1) is 18.3. The number of halogens is 1. The number of piperidine rings is 1. The molecule has 2 aromatic carbocycles. The Kier molecular flexibility index (Phi) is 6.77. The molecule has 1 saturated heterocycles. The van der Waals surface area contributed by atoms with Crippen molar-refractivity contribution in [3.8, 4) is 5.75 Å². The van der Waals surface area contributed by atoms with E-state index in [2.05, 4.69) is 41.3 Å². The summed E-state index contributed by atoms with van der Waals surface area (Å²) in [5, 5.41) is 0.900. The third-order valence-electron chi connectivity index (χ3n) is 5.36. The summed E-state index contributed by atoms with van der Waals surface area (Å²) >= 11 is 6.26. The number of rotatable bonds is 7. The molecule has 0 bridgehead atoms. The lowest BCUT2D eigenvalue weighted by molar-refractivity contribution is 0.181. The Morgan fingerprint density at radius 2 is 1.72 bits per heavy atom. The van der Waals surface area contributed by atoms with Gasteiger partial charge in [0.25, 0.3) is 0 Å². The van der Waals surface area contributed by atoms with E-state index in [9.17, 15) is 0 Å². The van der Waals surface area contributed by atoms with E-state index in [1.54, 1.807) is 7.11 Å². The third-order valence-corrected chi connectivity index (χ3v) is 5.73. The van der Waals surface area contributed by atoms with Crippen LogP contribution in [-0.2, 0) is 12.8 Å². The molecule has 0 spiro atoms. The maximum atomic E-state index is 6.26. The lowest BCUT2D eigenvalue weighted by Gasteiger charge is -2.32. The molecule has 0 atom stereocenters. The molecule has 1 fully saturated rings. The van der Waals surface area contributed by atoms with Crippen molar-refractivity contribution in [2.24, 2.45) is 5.92 Å². The summed E-state index contributed by atoms with van der Waals surface area (Å²) in [6.45, 7) is 3.56. The maximum Gasteiger partial charge on any atom is 0.118 e. The van der Waals surface area contributed by atoms with Gasteiger partial charge < -0.3 is 9.64 Å². The predicted molar refractivity (Wildman–Crippen MR) is 106 cm³/mol. The van der Waals surface area contributed by atoms with Crippen LogP contribution in [0, 0.1) is 5.92 Å². The van der Waals surface area contributed by atoms with Gasteiger partial charge in [0.2, 0.25) is 0 Å². The molecule has 2 nitrogen and oxygen atoms in total. The van der Waals surface area contributed by atoms with Crippen molar-refractivity contribution in [1.82, 2.24) is 4.90 Å². The smallest absolute Gasteiger partial charge is 0.118 e. The molecule has 0 amide bonds. The van der Waals surface area contributed by atoms with Crippen LogP contribution in [0.3, 0.4) is 0 Å². The first-order valence-electron chi connectivity index (χ1n) is 9.33. The summed E-state index contributed by atoms with van der Waals surface area (Å²) in [4.78, 5) is 2.59. The quantitative estimate of drug-likeness (QED) is 0.672. The van der Waals surface area contributed by atoms with Gasteiger partial charge in [-0.2, -0.15) is 0 Å². The van der Waals surface area contributed by atoms with Crippen molar-refractivity contribution in [3.05, 3.63) is 64.7 Å². The van der Waals surface area contributed by atoms with Gasteiger partial charge in [0, 0.05) is 11.6 Å². The number of aryl methyl sites for hydroxylation is 1. The van der Waals surface area contributed by atoms with Crippen LogP contribution in [0.15, 0.2) is 48.5 Å². The standard InChI is InChI=1S/C22H28ClNO/c1-25-21-10-8-18(9-11-21)6-7-19-12-15-24(16-13-19)17-14-20-4-2-3-5-22(20)23/h2-5,8-11,19H,6-7,12-17H2,1H3. The molecule has 1 aliphatic heterocycles. The van der Waals surface area contributed by atoms with Crippen LogP contribution >= 0.6 is 11.6 Å². The molecule has 2 aromatic rings. The fraction of sp³-hybridized carbons (Fsp3) is 0.455. The van der Waals surface area contributed by atoms with E-state index in [1.165, 1.54) is 49.9 Å². The zero-order chi connectivity index (χ0) is 17.5. The van der Waals surface area contributed by atoms with Gasteiger partial charge in [0.05, 0.1) is 7.11 Å². The summed E-state index contributed by atoms with van der Waals surface area (Å²) in [7, 11) is 1.72. The number of likely N-dealkylation sites (tertiary alicyclic amines) is 1. The molecule has 0 aliphatic carbocycles. The van der Waals surface area contributed by atoms with E-state index in [0.717, 1.165) is 29.7 Å². The summed E-state index contributed by atoms with van der Waals surface area (Å²) in [6, 6.07) is 16.7. The van der Waals surface area contributed by atoms with Crippen molar-refractivity contribution in [3.63, 3.8) is 0 Å². The number of ether oxygens (including phenoxy) is 1. The van der Waals surface area contributed by atoms with Crippen LogP contribution < -0.4 is 4.74 Å². The maximum absolute atomic E-state index is 6.26. The highest BCUT2D eigenvalue weighted by atomic mass is 35.5. The number of nitrogens with zero attached hydrogens (tertiary/aromatic N) is 1. The normalized spacial score (nSPS) is 16.1. The number of methoxy groups -OCH3 is 1. The molecule has 1 aliphatic rings. The molecular formula is C22H28ClNO. The Labute approximate surface area is 156 Å². The zero-order valence-electron chi connectivity index (χ0n) is 15.1. The second kappa shape index (κ2) is 9.26. The van der Waals surface area contributed by atoms with Gasteiger partial charge in [-0.05, 0) is 80.4 Å². The fourth-order valence-corrected chi connectivity index (χ4v) is 3.87. The first-order valence-corrected chi connectivity index (χ1v) is 9.71. The number of hydrogen-bond acceptors (Lipinski definition) is 2. The van der Waals surface area contributed by atoms with Crippen LogP contribution in [0.5, 0.6) is 5.75 Å².